The van der Waals surface area contributed by atoms with Crippen molar-refractivity contribution in [1.29, 1.82) is 0 Å². The molecule has 0 unspecified atom stereocenters. The van der Waals surface area contributed by atoms with Gasteiger partial charge in [-0.3, -0.25) is 4.79 Å². The van der Waals surface area contributed by atoms with Crippen molar-refractivity contribution in [2.24, 2.45) is 0 Å². The van der Waals surface area contributed by atoms with Gasteiger partial charge < -0.3 is 4.90 Å². The number of hydrogen-bond acceptors (Lipinski definition) is 4. The molecule has 0 radical (unpaired) electrons. The largest absolute Gasteiger partial charge is 0.340 e. The Labute approximate surface area is 125 Å². The van der Waals surface area contributed by atoms with E-state index in [1.807, 2.05) is 11.2 Å². The second kappa shape index (κ2) is 5.18. The maximum absolute atomic E-state index is 12.6. The quantitative estimate of drug-likeness (QED) is 0.776. The van der Waals surface area contributed by atoms with E-state index in [-0.39, 0.29) is 22.4 Å². The molecule has 1 atom stereocenters. The summed E-state index contributed by atoms with van der Waals surface area (Å²) in [5, 5.41) is 0. The van der Waals surface area contributed by atoms with Crippen LogP contribution in [-0.2, 0) is 14.8 Å². The van der Waals surface area contributed by atoms with E-state index in [0.29, 0.717) is 13.1 Å². The van der Waals surface area contributed by atoms with Crippen molar-refractivity contribution < 1.29 is 13.2 Å². The Morgan fingerprint density at radius 1 is 1.25 bits per heavy atom. The highest BCUT2D eigenvalue weighted by Crippen LogP contribution is 2.48. The lowest BCUT2D eigenvalue weighted by Crippen LogP contribution is -2.52. The minimum absolute atomic E-state index is 0.00199. The number of sulfonamides is 1. The summed E-state index contributed by atoms with van der Waals surface area (Å²) in [6.07, 6.45) is 6.45. The fourth-order valence-electron chi connectivity index (χ4n) is 3.35. The van der Waals surface area contributed by atoms with Crippen LogP contribution in [0.1, 0.15) is 32.1 Å². The molecule has 3 fully saturated rings. The zero-order valence-electron chi connectivity index (χ0n) is 11.9. The number of piperidine rings is 1. The van der Waals surface area contributed by atoms with E-state index in [1.54, 1.807) is 16.1 Å². The van der Waals surface area contributed by atoms with Gasteiger partial charge in [0.15, 0.2) is 0 Å². The van der Waals surface area contributed by atoms with E-state index in [9.17, 15) is 13.2 Å². The van der Waals surface area contributed by atoms with Crippen LogP contribution in [0.25, 0.3) is 0 Å². The minimum atomic E-state index is -3.07. The van der Waals surface area contributed by atoms with Crippen LogP contribution in [0.4, 0.5) is 0 Å². The second-order valence-corrected chi connectivity index (χ2v) is 9.26. The van der Waals surface area contributed by atoms with Crippen molar-refractivity contribution in [3.63, 3.8) is 0 Å². The van der Waals surface area contributed by atoms with Crippen molar-refractivity contribution in [1.82, 2.24) is 9.21 Å². The Hall–Kier alpha value is -0.270. The normalized spacial score (nSPS) is 32.2. The van der Waals surface area contributed by atoms with Crippen LogP contribution in [0.2, 0.25) is 0 Å². The molecule has 0 bridgehead atoms. The van der Waals surface area contributed by atoms with Gasteiger partial charge in [0.05, 0.1) is 10.5 Å². The highest BCUT2D eigenvalue weighted by molar-refractivity contribution is 8.01. The van der Waals surface area contributed by atoms with Gasteiger partial charge in [0.2, 0.25) is 15.9 Å². The summed E-state index contributed by atoms with van der Waals surface area (Å²) < 4.78 is 25.5. The molecule has 1 saturated carbocycles. The number of carbonyl (C=O) groups is 1. The lowest BCUT2D eigenvalue weighted by atomic mass is 10.0. The number of rotatable bonds is 3. The highest BCUT2D eigenvalue weighted by atomic mass is 32.2. The molecule has 20 heavy (non-hydrogen) atoms. The van der Waals surface area contributed by atoms with Gasteiger partial charge in [0.25, 0.3) is 0 Å². The maximum Gasteiger partial charge on any atom is 0.238 e. The van der Waals surface area contributed by atoms with Crippen molar-refractivity contribution >= 4 is 27.7 Å². The Kier molecular flexibility index (Phi) is 3.79. The zero-order valence-corrected chi connectivity index (χ0v) is 13.5. The van der Waals surface area contributed by atoms with Crippen molar-refractivity contribution in [3.8, 4) is 0 Å². The third-order valence-corrected chi connectivity index (χ3v) is 8.08. The lowest BCUT2D eigenvalue weighted by molar-refractivity contribution is -0.133. The molecule has 2 saturated heterocycles. The van der Waals surface area contributed by atoms with E-state index in [1.165, 1.54) is 0 Å². The first kappa shape index (κ1) is 14.7. The SMILES string of the molecule is CSC1(C(=O)N2CCC[C@@H](N3CCCS3(=O)=O)C2)CC1. The summed E-state index contributed by atoms with van der Waals surface area (Å²) in [5.41, 5.74) is 0. The molecule has 0 spiro atoms. The van der Waals surface area contributed by atoms with E-state index >= 15 is 0 Å². The molecular formula is C13H22N2O3S2. The molecule has 3 aliphatic rings. The van der Waals surface area contributed by atoms with Crippen LogP contribution in [0.5, 0.6) is 0 Å². The van der Waals surface area contributed by atoms with E-state index in [2.05, 4.69) is 0 Å². The average Bonchev–Trinajstić information content (AvgIpc) is 3.16. The molecular weight excluding hydrogens is 296 g/mol. The Morgan fingerprint density at radius 2 is 2.00 bits per heavy atom. The van der Waals surface area contributed by atoms with E-state index in [0.717, 1.165) is 38.6 Å². The molecule has 2 heterocycles. The molecule has 2 aliphatic heterocycles. The standard InChI is InChI=1S/C13H22N2O3S2/c1-19-13(5-6-13)12(16)14-7-2-4-11(10-14)15-8-3-9-20(15,17)18/h11H,2-10H2,1H3/t11-/m1/s1. The van der Waals surface area contributed by atoms with Crippen molar-refractivity contribution in [2.75, 3.05) is 31.6 Å². The molecule has 1 amide bonds. The molecule has 7 heteroatoms. The van der Waals surface area contributed by atoms with Crippen molar-refractivity contribution in [2.45, 2.75) is 42.9 Å². The summed E-state index contributed by atoms with van der Waals surface area (Å²) >= 11 is 1.65. The summed E-state index contributed by atoms with van der Waals surface area (Å²) in [6, 6.07) is -0.00199. The minimum Gasteiger partial charge on any atom is -0.340 e. The fourth-order valence-corrected chi connectivity index (χ4v) is 5.93. The number of nitrogens with zero attached hydrogens (tertiary/aromatic N) is 2. The van der Waals surface area contributed by atoms with Gasteiger partial charge in [-0.2, -0.15) is 4.31 Å². The van der Waals surface area contributed by atoms with Gasteiger partial charge in [0.1, 0.15) is 0 Å². The van der Waals surface area contributed by atoms with Gasteiger partial charge in [-0.05, 0) is 38.4 Å². The van der Waals surface area contributed by atoms with Crippen LogP contribution in [0, 0.1) is 0 Å². The number of carbonyl (C=O) groups excluding carboxylic acids is 1. The van der Waals surface area contributed by atoms with Gasteiger partial charge in [-0.25, -0.2) is 8.42 Å². The van der Waals surface area contributed by atoms with Gasteiger partial charge in [-0.15, -0.1) is 11.8 Å². The summed E-state index contributed by atoms with van der Waals surface area (Å²) in [5.74, 6) is 0.498. The summed E-state index contributed by atoms with van der Waals surface area (Å²) in [4.78, 5) is 14.5. The van der Waals surface area contributed by atoms with Crippen LogP contribution < -0.4 is 0 Å². The van der Waals surface area contributed by atoms with Gasteiger partial charge >= 0.3 is 0 Å². The topological polar surface area (TPSA) is 57.7 Å². The Balaban J connectivity index is 1.69. The smallest absolute Gasteiger partial charge is 0.238 e. The summed E-state index contributed by atoms with van der Waals surface area (Å²) in [7, 11) is -3.07. The molecule has 0 N–H and O–H groups in total. The first-order valence-corrected chi connectivity index (χ1v) is 10.2. The predicted octanol–water partition coefficient (Wildman–Crippen LogP) is 0.908. The van der Waals surface area contributed by atoms with Crippen LogP contribution in [-0.4, -0.2) is 66.0 Å². The zero-order chi connectivity index (χ0) is 14.4. The number of amides is 1. The van der Waals surface area contributed by atoms with Crippen molar-refractivity contribution in [3.05, 3.63) is 0 Å². The van der Waals surface area contributed by atoms with Gasteiger partial charge in [-0.1, -0.05) is 0 Å². The Bertz CT molecular complexity index is 502. The number of thioether (sulfide) groups is 1. The molecule has 3 rings (SSSR count). The first-order valence-electron chi connectivity index (χ1n) is 7.33. The Morgan fingerprint density at radius 3 is 2.55 bits per heavy atom. The lowest BCUT2D eigenvalue weighted by Gasteiger charge is -2.38. The summed E-state index contributed by atoms with van der Waals surface area (Å²) in [6.45, 7) is 1.99. The molecule has 1 aliphatic carbocycles. The molecule has 5 nitrogen and oxygen atoms in total. The average molecular weight is 318 g/mol. The maximum atomic E-state index is 12.6. The molecule has 114 valence electrons. The second-order valence-electron chi connectivity index (χ2n) is 6.03. The van der Waals surface area contributed by atoms with Crippen LogP contribution >= 0.6 is 11.8 Å². The third kappa shape index (κ3) is 2.48. The predicted molar refractivity (Wildman–Crippen MR) is 80.2 cm³/mol. The highest BCUT2D eigenvalue weighted by Gasteiger charge is 2.52. The van der Waals surface area contributed by atoms with Crippen LogP contribution in [0.3, 0.4) is 0 Å². The molecule has 0 aromatic heterocycles. The molecule has 0 aromatic rings. The van der Waals surface area contributed by atoms with Gasteiger partial charge in [0, 0.05) is 25.7 Å². The van der Waals surface area contributed by atoms with Crippen LogP contribution in [0.15, 0.2) is 0 Å². The van der Waals surface area contributed by atoms with E-state index < -0.39 is 10.0 Å². The third-order valence-electron chi connectivity index (χ3n) is 4.71. The monoisotopic (exact) mass is 318 g/mol. The number of hydrogen-bond donors (Lipinski definition) is 0. The van der Waals surface area contributed by atoms with E-state index in [4.69, 9.17) is 0 Å². The molecule has 0 aromatic carbocycles. The first-order chi connectivity index (χ1) is 9.48. The number of likely N-dealkylation sites (tertiary alicyclic amines) is 1. The fraction of sp³-hybridized carbons (Fsp3) is 0.923.